The molecule has 0 unspecified atom stereocenters. The summed E-state index contributed by atoms with van der Waals surface area (Å²) >= 11 is 0. The van der Waals surface area contributed by atoms with Gasteiger partial charge in [-0.1, -0.05) is 6.07 Å². The van der Waals surface area contributed by atoms with Gasteiger partial charge in [-0.15, -0.1) is 0 Å². The largest absolute Gasteiger partial charge is 0.493 e. The van der Waals surface area contributed by atoms with Gasteiger partial charge in [0.1, 0.15) is 0 Å². The summed E-state index contributed by atoms with van der Waals surface area (Å²) < 4.78 is 10.8. The van der Waals surface area contributed by atoms with E-state index in [0.717, 1.165) is 36.1 Å². The van der Waals surface area contributed by atoms with Crippen LogP contribution in [0.5, 0.6) is 11.5 Å². The van der Waals surface area contributed by atoms with Crippen LogP contribution in [0.15, 0.2) is 36.5 Å². The summed E-state index contributed by atoms with van der Waals surface area (Å²) in [6.07, 6.45) is 2.71. The zero-order valence-corrected chi connectivity index (χ0v) is 14.7. The van der Waals surface area contributed by atoms with Crippen molar-refractivity contribution >= 4 is 16.6 Å². The zero-order valence-electron chi connectivity index (χ0n) is 14.7. The summed E-state index contributed by atoms with van der Waals surface area (Å²) in [7, 11) is 3.23. The lowest BCUT2D eigenvalue weighted by atomic mass is 9.97. The third-order valence-corrected chi connectivity index (χ3v) is 4.81. The third kappa shape index (κ3) is 2.68. The fourth-order valence-electron chi connectivity index (χ4n) is 3.46. The number of hydrogen-bond donors (Lipinski definition) is 0. The van der Waals surface area contributed by atoms with E-state index in [9.17, 15) is 0 Å². The number of methoxy groups -OCH3 is 2. The van der Waals surface area contributed by atoms with E-state index in [0.29, 0.717) is 17.1 Å². The first-order chi connectivity index (χ1) is 12.7. The minimum Gasteiger partial charge on any atom is -0.493 e. The predicted octanol–water partition coefficient (Wildman–Crippen LogP) is 3.08. The number of ether oxygens (including phenoxy) is 2. The highest BCUT2D eigenvalue weighted by Crippen LogP contribution is 2.36. The average Bonchev–Trinajstić information content (AvgIpc) is 2.71. The van der Waals surface area contributed by atoms with Crippen LogP contribution in [0.4, 0.5) is 5.69 Å². The highest BCUT2D eigenvalue weighted by atomic mass is 16.5. The standard InChI is InChI=1S/C20H18N4O2/c1-25-19-8-16-17(9-20(19)26-2)23-22-11-18(16)24-6-5-14-4-3-13(10-21)7-15(14)12-24/h3-4,7-9,11H,5-6,12H2,1-2H3. The van der Waals surface area contributed by atoms with Gasteiger partial charge in [-0.3, -0.25) is 0 Å². The minimum absolute atomic E-state index is 0.633. The van der Waals surface area contributed by atoms with Crippen molar-refractivity contribution in [2.75, 3.05) is 25.7 Å². The lowest BCUT2D eigenvalue weighted by molar-refractivity contribution is 0.355. The molecule has 0 bridgehead atoms. The van der Waals surface area contributed by atoms with Gasteiger partial charge in [0.15, 0.2) is 11.5 Å². The molecule has 6 heteroatoms. The second kappa shape index (κ2) is 6.52. The Bertz CT molecular complexity index is 1030. The van der Waals surface area contributed by atoms with Gasteiger partial charge >= 0.3 is 0 Å². The zero-order chi connectivity index (χ0) is 18.1. The summed E-state index contributed by atoms with van der Waals surface area (Å²) in [4.78, 5) is 2.27. The van der Waals surface area contributed by atoms with Gasteiger partial charge in [0.05, 0.1) is 43.3 Å². The van der Waals surface area contributed by atoms with Crippen LogP contribution in [0.1, 0.15) is 16.7 Å². The molecule has 4 rings (SSSR count). The van der Waals surface area contributed by atoms with Crippen LogP contribution in [0.25, 0.3) is 10.9 Å². The Morgan fingerprint density at radius 2 is 1.88 bits per heavy atom. The molecule has 6 nitrogen and oxygen atoms in total. The number of fused-ring (bicyclic) bond motifs is 2. The third-order valence-electron chi connectivity index (χ3n) is 4.81. The highest BCUT2D eigenvalue weighted by molar-refractivity contribution is 5.93. The van der Waals surface area contributed by atoms with Crippen LogP contribution >= 0.6 is 0 Å². The summed E-state index contributed by atoms with van der Waals surface area (Å²) in [6.45, 7) is 1.62. The molecule has 0 aliphatic carbocycles. The Kier molecular flexibility index (Phi) is 4.05. The van der Waals surface area contributed by atoms with Crippen molar-refractivity contribution in [3.63, 3.8) is 0 Å². The number of nitriles is 1. The molecular formula is C20H18N4O2. The molecule has 1 aromatic heterocycles. The SMILES string of the molecule is COc1cc2nncc(N3CCc4ccc(C#N)cc4C3)c2cc1OC. The van der Waals surface area contributed by atoms with Crippen molar-refractivity contribution in [1.82, 2.24) is 10.2 Å². The van der Waals surface area contributed by atoms with E-state index < -0.39 is 0 Å². The average molecular weight is 346 g/mol. The van der Waals surface area contributed by atoms with E-state index in [1.54, 1.807) is 20.4 Å². The Morgan fingerprint density at radius 3 is 2.65 bits per heavy atom. The van der Waals surface area contributed by atoms with Crippen LogP contribution < -0.4 is 14.4 Å². The number of anilines is 1. The summed E-state index contributed by atoms with van der Waals surface area (Å²) in [6, 6.07) is 11.9. The number of aromatic nitrogens is 2. The minimum atomic E-state index is 0.633. The Morgan fingerprint density at radius 1 is 1.08 bits per heavy atom. The number of rotatable bonds is 3. The molecule has 0 spiro atoms. The topological polar surface area (TPSA) is 71.3 Å². The summed E-state index contributed by atoms with van der Waals surface area (Å²) in [5, 5.41) is 18.5. The van der Waals surface area contributed by atoms with Crippen molar-refractivity contribution in [1.29, 1.82) is 5.26 Å². The molecule has 1 aliphatic rings. The fraction of sp³-hybridized carbons (Fsp3) is 0.250. The lowest BCUT2D eigenvalue weighted by Crippen LogP contribution is -2.30. The molecular weight excluding hydrogens is 328 g/mol. The van der Waals surface area contributed by atoms with Crippen molar-refractivity contribution in [3.8, 4) is 17.6 Å². The van der Waals surface area contributed by atoms with Crippen molar-refractivity contribution < 1.29 is 9.47 Å². The monoisotopic (exact) mass is 346 g/mol. The van der Waals surface area contributed by atoms with Gasteiger partial charge in [0, 0.05) is 24.5 Å². The van der Waals surface area contributed by atoms with Gasteiger partial charge < -0.3 is 14.4 Å². The first-order valence-electron chi connectivity index (χ1n) is 8.37. The Labute approximate surface area is 151 Å². The molecule has 1 aliphatic heterocycles. The van der Waals surface area contributed by atoms with E-state index in [-0.39, 0.29) is 0 Å². The van der Waals surface area contributed by atoms with Gasteiger partial charge in [0.25, 0.3) is 0 Å². The van der Waals surface area contributed by atoms with Crippen molar-refractivity contribution in [2.45, 2.75) is 13.0 Å². The maximum absolute atomic E-state index is 9.16. The fourth-order valence-corrected chi connectivity index (χ4v) is 3.46. The maximum atomic E-state index is 9.16. The second-order valence-corrected chi connectivity index (χ2v) is 6.22. The predicted molar refractivity (Wildman–Crippen MR) is 98.6 cm³/mol. The second-order valence-electron chi connectivity index (χ2n) is 6.22. The molecule has 0 saturated heterocycles. The molecule has 3 aromatic rings. The molecule has 0 atom stereocenters. The highest BCUT2D eigenvalue weighted by Gasteiger charge is 2.20. The van der Waals surface area contributed by atoms with Crippen LogP contribution in [0.2, 0.25) is 0 Å². The summed E-state index contributed by atoms with van der Waals surface area (Å²) in [5.74, 6) is 1.30. The van der Waals surface area contributed by atoms with Crippen LogP contribution in [0.3, 0.4) is 0 Å². The van der Waals surface area contributed by atoms with Crippen LogP contribution in [-0.4, -0.2) is 31.0 Å². The van der Waals surface area contributed by atoms with E-state index in [1.165, 1.54) is 11.1 Å². The van der Waals surface area contributed by atoms with Gasteiger partial charge in [-0.25, -0.2) is 0 Å². The van der Waals surface area contributed by atoms with Crippen molar-refractivity contribution in [3.05, 3.63) is 53.2 Å². The molecule has 2 heterocycles. The molecule has 0 saturated carbocycles. The maximum Gasteiger partial charge on any atom is 0.162 e. The van der Waals surface area contributed by atoms with E-state index in [4.69, 9.17) is 14.7 Å². The Balaban J connectivity index is 1.78. The normalized spacial score (nSPS) is 13.2. The van der Waals surface area contributed by atoms with E-state index >= 15 is 0 Å². The molecule has 2 aromatic carbocycles. The number of hydrogen-bond acceptors (Lipinski definition) is 6. The number of benzene rings is 2. The quantitative estimate of drug-likeness (QED) is 0.726. The Hall–Kier alpha value is -3.33. The van der Waals surface area contributed by atoms with Gasteiger partial charge in [-0.05, 0) is 35.7 Å². The first-order valence-corrected chi connectivity index (χ1v) is 8.37. The molecule has 0 radical (unpaired) electrons. The van der Waals surface area contributed by atoms with E-state index in [2.05, 4.69) is 27.2 Å². The van der Waals surface area contributed by atoms with Gasteiger partial charge in [0.2, 0.25) is 0 Å². The molecule has 130 valence electrons. The van der Waals surface area contributed by atoms with Crippen LogP contribution in [-0.2, 0) is 13.0 Å². The number of nitrogens with zero attached hydrogens (tertiary/aromatic N) is 4. The smallest absolute Gasteiger partial charge is 0.162 e. The lowest BCUT2D eigenvalue weighted by Gasteiger charge is -2.31. The van der Waals surface area contributed by atoms with Crippen molar-refractivity contribution in [2.24, 2.45) is 0 Å². The van der Waals surface area contributed by atoms with Gasteiger partial charge in [-0.2, -0.15) is 15.5 Å². The van der Waals surface area contributed by atoms with E-state index in [1.807, 2.05) is 24.3 Å². The first kappa shape index (κ1) is 16.2. The summed E-state index contributed by atoms with van der Waals surface area (Å²) in [5.41, 5.74) is 4.93. The molecule has 0 amide bonds. The van der Waals surface area contributed by atoms with Crippen LogP contribution in [0, 0.1) is 11.3 Å². The molecule has 0 fully saturated rings. The molecule has 0 N–H and O–H groups in total. The molecule has 26 heavy (non-hydrogen) atoms.